The van der Waals surface area contributed by atoms with Gasteiger partial charge < -0.3 is 30.7 Å². The zero-order chi connectivity index (χ0) is 24.6. The predicted octanol–water partition coefficient (Wildman–Crippen LogP) is 1.79. The molecule has 0 saturated carbocycles. The van der Waals surface area contributed by atoms with Gasteiger partial charge in [0.15, 0.2) is 0 Å². The van der Waals surface area contributed by atoms with Crippen molar-refractivity contribution < 1.29 is 19.1 Å². The Morgan fingerprint density at radius 2 is 2.00 bits per heavy atom. The topological polar surface area (TPSA) is 130 Å². The summed E-state index contributed by atoms with van der Waals surface area (Å²) in [5.41, 5.74) is 1.65. The molecule has 0 aliphatic carbocycles. The van der Waals surface area contributed by atoms with E-state index < -0.39 is 0 Å². The SMILES string of the molecule is COCCN1CCCOc2cc(ccc2Cl)N/C=C2\C(=O)Nc3ncnc(c32)NCCNC(=O)C1. The Morgan fingerprint density at radius 3 is 2.86 bits per heavy atom. The van der Waals surface area contributed by atoms with Gasteiger partial charge >= 0.3 is 0 Å². The Morgan fingerprint density at radius 1 is 1.17 bits per heavy atom. The Bertz CT molecular complexity index is 1110. The Hall–Kier alpha value is -3.41. The standard InChI is InChI=1S/C23H28ClN7O4/c1-34-10-8-31-7-2-9-35-18-11-15(3-4-17(18)24)27-12-16-20-21(26-6-5-25-19(32)13-31)28-14-29-22(20)30-23(16)33/h3-4,11-12,14,27H,2,5-10,13H2,1H3,(H,25,32)(H2,26,28,29,30,33)/b16-12-. The molecule has 2 amide bonds. The van der Waals surface area contributed by atoms with Crippen LogP contribution in [0.4, 0.5) is 17.3 Å². The molecular formula is C23H28ClN7O4. The molecule has 2 aromatic rings. The number of nitrogens with zero attached hydrogens (tertiary/aromatic N) is 3. The van der Waals surface area contributed by atoms with Crippen molar-refractivity contribution in [2.45, 2.75) is 6.42 Å². The number of methoxy groups -OCH3 is 1. The fourth-order valence-corrected chi connectivity index (χ4v) is 3.93. The molecule has 186 valence electrons. The first-order valence-electron chi connectivity index (χ1n) is 11.3. The number of benzene rings is 1. The lowest BCUT2D eigenvalue weighted by molar-refractivity contribution is -0.122. The van der Waals surface area contributed by atoms with Crippen molar-refractivity contribution in [2.75, 3.05) is 69.0 Å². The third kappa shape index (κ3) is 6.38. The smallest absolute Gasteiger partial charge is 0.259 e. The maximum absolute atomic E-state index is 12.6. The van der Waals surface area contributed by atoms with Gasteiger partial charge in [0.2, 0.25) is 5.91 Å². The highest BCUT2D eigenvalue weighted by Crippen LogP contribution is 2.35. The van der Waals surface area contributed by atoms with Crippen LogP contribution in [0.25, 0.3) is 5.57 Å². The van der Waals surface area contributed by atoms with Crippen LogP contribution in [0.5, 0.6) is 5.75 Å². The summed E-state index contributed by atoms with van der Waals surface area (Å²) in [4.78, 5) is 35.6. The number of ether oxygens (including phenoxy) is 2. The first-order valence-corrected chi connectivity index (χ1v) is 11.7. The average Bonchev–Trinajstić information content (AvgIpc) is 3.17. The number of fused-ring (bicyclic) bond motifs is 2. The zero-order valence-corrected chi connectivity index (χ0v) is 20.2. The number of carbonyl (C=O) groups excluding carboxylic acids is 2. The van der Waals surface area contributed by atoms with Crippen LogP contribution in [0, 0.1) is 0 Å². The second kappa shape index (κ2) is 11.8. The van der Waals surface area contributed by atoms with Gasteiger partial charge in [-0.15, -0.1) is 0 Å². The molecule has 0 atom stereocenters. The normalized spacial score (nSPS) is 18.7. The van der Waals surface area contributed by atoms with Gasteiger partial charge in [-0.05, 0) is 18.6 Å². The highest BCUT2D eigenvalue weighted by Gasteiger charge is 2.29. The number of amides is 2. The zero-order valence-electron chi connectivity index (χ0n) is 19.4. The van der Waals surface area contributed by atoms with E-state index in [0.29, 0.717) is 85.0 Å². The van der Waals surface area contributed by atoms with Gasteiger partial charge in [0, 0.05) is 51.2 Å². The highest BCUT2D eigenvalue weighted by molar-refractivity contribution is 6.33. The number of hydrogen-bond acceptors (Lipinski definition) is 9. The van der Waals surface area contributed by atoms with E-state index in [-0.39, 0.29) is 18.4 Å². The molecule has 12 heteroatoms. The van der Waals surface area contributed by atoms with Crippen molar-refractivity contribution >= 4 is 46.3 Å². The van der Waals surface area contributed by atoms with Gasteiger partial charge in [0.05, 0.1) is 35.9 Å². The Balaban J connectivity index is 1.58. The minimum atomic E-state index is -0.295. The quantitative estimate of drug-likeness (QED) is 0.497. The molecule has 1 aromatic heterocycles. The van der Waals surface area contributed by atoms with Gasteiger partial charge in [-0.1, -0.05) is 11.6 Å². The molecule has 4 N–H and O–H groups in total. The molecule has 0 spiro atoms. The minimum absolute atomic E-state index is 0.0907. The van der Waals surface area contributed by atoms with Crippen molar-refractivity contribution in [1.82, 2.24) is 20.2 Å². The number of carbonyl (C=O) groups is 2. The lowest BCUT2D eigenvalue weighted by Crippen LogP contribution is -2.41. The van der Waals surface area contributed by atoms with Crippen LogP contribution in [-0.4, -0.2) is 79.7 Å². The van der Waals surface area contributed by atoms with Crippen molar-refractivity contribution in [1.29, 1.82) is 0 Å². The minimum Gasteiger partial charge on any atom is -0.492 e. The maximum atomic E-state index is 12.6. The van der Waals surface area contributed by atoms with E-state index in [1.807, 2.05) is 4.90 Å². The first-order chi connectivity index (χ1) is 17.0. The van der Waals surface area contributed by atoms with E-state index in [0.717, 1.165) is 0 Å². The molecular weight excluding hydrogens is 474 g/mol. The number of anilines is 3. The number of halogens is 1. The fourth-order valence-electron chi connectivity index (χ4n) is 3.76. The second-order valence-corrected chi connectivity index (χ2v) is 8.40. The first kappa shape index (κ1) is 24.7. The summed E-state index contributed by atoms with van der Waals surface area (Å²) in [5.74, 6) is 1.06. The lowest BCUT2D eigenvalue weighted by atomic mass is 10.1. The lowest BCUT2D eigenvalue weighted by Gasteiger charge is -2.21. The number of nitrogens with one attached hydrogen (secondary N) is 4. The molecule has 0 unspecified atom stereocenters. The molecule has 2 aliphatic heterocycles. The molecule has 3 heterocycles. The average molecular weight is 502 g/mol. The fraction of sp³-hybridized carbons (Fsp3) is 0.391. The van der Waals surface area contributed by atoms with E-state index in [1.54, 1.807) is 31.5 Å². The summed E-state index contributed by atoms with van der Waals surface area (Å²) in [6, 6.07) is 5.30. The summed E-state index contributed by atoms with van der Waals surface area (Å²) in [5, 5.41) is 12.5. The van der Waals surface area contributed by atoms with E-state index in [1.165, 1.54) is 6.33 Å². The summed E-state index contributed by atoms with van der Waals surface area (Å²) in [7, 11) is 1.63. The van der Waals surface area contributed by atoms with Crippen LogP contribution in [0.15, 0.2) is 30.7 Å². The molecule has 0 fully saturated rings. The molecule has 2 bridgehead atoms. The van der Waals surface area contributed by atoms with Gasteiger partial charge in [-0.2, -0.15) is 0 Å². The van der Waals surface area contributed by atoms with E-state index in [4.69, 9.17) is 21.1 Å². The third-order valence-electron chi connectivity index (χ3n) is 5.50. The van der Waals surface area contributed by atoms with Crippen LogP contribution in [0.1, 0.15) is 12.0 Å². The van der Waals surface area contributed by atoms with Crippen molar-refractivity contribution in [2.24, 2.45) is 0 Å². The van der Waals surface area contributed by atoms with Crippen LogP contribution in [-0.2, 0) is 14.3 Å². The second-order valence-electron chi connectivity index (χ2n) is 8.00. The van der Waals surface area contributed by atoms with Gasteiger partial charge in [0.25, 0.3) is 5.91 Å². The summed E-state index contributed by atoms with van der Waals surface area (Å²) in [6.07, 6.45) is 3.68. The number of hydrogen-bond donors (Lipinski definition) is 4. The molecule has 0 radical (unpaired) electrons. The summed E-state index contributed by atoms with van der Waals surface area (Å²) < 4.78 is 11.1. The molecule has 1 aromatic carbocycles. The van der Waals surface area contributed by atoms with Crippen molar-refractivity contribution in [3.05, 3.63) is 41.3 Å². The molecule has 2 aliphatic rings. The maximum Gasteiger partial charge on any atom is 0.259 e. The van der Waals surface area contributed by atoms with Crippen LogP contribution >= 0.6 is 11.6 Å². The monoisotopic (exact) mass is 501 g/mol. The summed E-state index contributed by atoms with van der Waals surface area (Å²) in [6.45, 7) is 3.31. The van der Waals surface area contributed by atoms with Gasteiger partial charge in [0.1, 0.15) is 23.7 Å². The Labute approximate surface area is 208 Å². The van der Waals surface area contributed by atoms with Crippen molar-refractivity contribution in [3.8, 4) is 5.75 Å². The van der Waals surface area contributed by atoms with Crippen LogP contribution in [0.3, 0.4) is 0 Å². The highest BCUT2D eigenvalue weighted by atomic mass is 35.5. The predicted molar refractivity (Wildman–Crippen MR) is 134 cm³/mol. The largest absolute Gasteiger partial charge is 0.492 e. The van der Waals surface area contributed by atoms with E-state index >= 15 is 0 Å². The van der Waals surface area contributed by atoms with E-state index in [2.05, 4.69) is 31.2 Å². The molecule has 11 nitrogen and oxygen atoms in total. The van der Waals surface area contributed by atoms with Crippen LogP contribution < -0.4 is 26.0 Å². The third-order valence-corrected chi connectivity index (χ3v) is 5.81. The Kier molecular flexibility index (Phi) is 8.35. The summed E-state index contributed by atoms with van der Waals surface area (Å²) >= 11 is 6.32. The van der Waals surface area contributed by atoms with Crippen LogP contribution in [0.2, 0.25) is 5.02 Å². The molecule has 4 rings (SSSR count). The van der Waals surface area contributed by atoms with Gasteiger partial charge in [-0.3, -0.25) is 14.5 Å². The number of rotatable bonds is 3. The van der Waals surface area contributed by atoms with E-state index in [9.17, 15) is 9.59 Å². The van der Waals surface area contributed by atoms with Crippen molar-refractivity contribution in [3.63, 3.8) is 0 Å². The molecule has 0 saturated heterocycles. The van der Waals surface area contributed by atoms with Gasteiger partial charge in [-0.25, -0.2) is 9.97 Å². The number of aromatic nitrogens is 2. The molecule has 35 heavy (non-hydrogen) atoms.